The summed E-state index contributed by atoms with van der Waals surface area (Å²) in [6.45, 7) is 4.48. The number of allylic oxidation sites excluding steroid dienone is 1. The number of carbonyl (C=O) groups is 1. The normalized spacial score (nSPS) is 15.1. The molecule has 1 amide bonds. The van der Waals surface area contributed by atoms with Gasteiger partial charge in [-0.2, -0.15) is 0 Å². The maximum Gasteiger partial charge on any atom is 0.244 e. The van der Waals surface area contributed by atoms with E-state index < -0.39 is 0 Å². The number of hydrogen-bond donors (Lipinski definition) is 1. The maximum absolute atomic E-state index is 12.7. The Bertz CT molecular complexity index is 1360. The Morgan fingerprint density at radius 1 is 1.06 bits per heavy atom. The number of rotatable bonds is 6. The number of amides is 1. The van der Waals surface area contributed by atoms with Crippen molar-refractivity contribution in [3.63, 3.8) is 0 Å². The summed E-state index contributed by atoms with van der Waals surface area (Å²) in [6, 6.07) is 19.1. The number of ether oxygens (including phenoxy) is 1. The summed E-state index contributed by atoms with van der Waals surface area (Å²) in [4.78, 5) is 12.7. The Balaban J connectivity index is 1.52. The second kappa shape index (κ2) is 9.76. The molecule has 1 saturated carbocycles. The summed E-state index contributed by atoms with van der Waals surface area (Å²) in [5.41, 5.74) is 4.70. The molecule has 4 nitrogen and oxygen atoms in total. The van der Waals surface area contributed by atoms with Gasteiger partial charge in [-0.05, 0) is 60.7 Å². The summed E-state index contributed by atoms with van der Waals surface area (Å²) in [7, 11) is 0. The van der Waals surface area contributed by atoms with Crippen LogP contribution in [0.25, 0.3) is 38.4 Å². The van der Waals surface area contributed by atoms with Crippen LogP contribution in [-0.4, -0.2) is 18.6 Å². The zero-order chi connectivity index (χ0) is 23.5. The lowest BCUT2D eigenvalue weighted by atomic mass is 9.95. The van der Waals surface area contributed by atoms with Crippen molar-refractivity contribution in [3.05, 3.63) is 72.5 Å². The van der Waals surface area contributed by atoms with Gasteiger partial charge in [0, 0.05) is 34.7 Å². The van der Waals surface area contributed by atoms with Crippen LogP contribution in [0.3, 0.4) is 0 Å². The lowest BCUT2D eigenvalue weighted by Gasteiger charge is -2.22. The Hall–Kier alpha value is -3.53. The third-order valence-electron chi connectivity index (χ3n) is 6.76. The van der Waals surface area contributed by atoms with Crippen LogP contribution < -0.4 is 10.1 Å². The maximum atomic E-state index is 12.7. The van der Waals surface area contributed by atoms with Gasteiger partial charge >= 0.3 is 0 Å². The number of fused-ring (bicyclic) bond motifs is 2. The van der Waals surface area contributed by atoms with Gasteiger partial charge in [0.2, 0.25) is 5.91 Å². The molecule has 0 aliphatic heterocycles. The molecule has 0 saturated heterocycles. The summed E-state index contributed by atoms with van der Waals surface area (Å²) in [6.07, 6.45) is 9.30. The SMILES string of the molecule is CCOc1cc2occ(-c3ccc4ccccc4c3)c2cc1/C(C)=C/C(=O)NC1CCCCC1. The fraction of sp³-hybridized carbons (Fsp3) is 0.300. The highest BCUT2D eigenvalue weighted by atomic mass is 16.5. The lowest BCUT2D eigenvalue weighted by molar-refractivity contribution is -0.117. The van der Waals surface area contributed by atoms with E-state index in [9.17, 15) is 4.79 Å². The smallest absolute Gasteiger partial charge is 0.244 e. The highest BCUT2D eigenvalue weighted by Gasteiger charge is 2.17. The first-order valence-corrected chi connectivity index (χ1v) is 12.3. The van der Waals surface area contributed by atoms with E-state index in [1.54, 1.807) is 6.08 Å². The van der Waals surface area contributed by atoms with E-state index in [4.69, 9.17) is 9.15 Å². The highest BCUT2D eigenvalue weighted by Crippen LogP contribution is 2.38. The first kappa shape index (κ1) is 22.3. The Labute approximate surface area is 200 Å². The van der Waals surface area contributed by atoms with Crippen molar-refractivity contribution in [1.29, 1.82) is 0 Å². The van der Waals surface area contributed by atoms with Crippen molar-refractivity contribution in [2.45, 2.75) is 52.0 Å². The largest absolute Gasteiger partial charge is 0.493 e. The molecule has 174 valence electrons. The molecule has 1 heterocycles. The van der Waals surface area contributed by atoms with Gasteiger partial charge in [-0.1, -0.05) is 55.7 Å². The van der Waals surface area contributed by atoms with E-state index in [2.05, 4.69) is 53.8 Å². The molecular formula is C30H31NO3. The van der Waals surface area contributed by atoms with Crippen LogP contribution in [0.5, 0.6) is 5.75 Å². The summed E-state index contributed by atoms with van der Waals surface area (Å²) in [5, 5.41) is 6.59. The predicted octanol–water partition coefficient (Wildman–Crippen LogP) is 7.50. The van der Waals surface area contributed by atoms with E-state index >= 15 is 0 Å². The Morgan fingerprint density at radius 2 is 1.85 bits per heavy atom. The van der Waals surface area contributed by atoms with Gasteiger partial charge < -0.3 is 14.5 Å². The topological polar surface area (TPSA) is 51.5 Å². The molecule has 0 radical (unpaired) electrons. The molecule has 1 N–H and O–H groups in total. The molecule has 0 spiro atoms. The van der Waals surface area contributed by atoms with Crippen molar-refractivity contribution in [2.24, 2.45) is 0 Å². The number of furan rings is 1. The number of carbonyl (C=O) groups excluding carboxylic acids is 1. The summed E-state index contributed by atoms with van der Waals surface area (Å²) in [5.74, 6) is 0.697. The first-order chi connectivity index (χ1) is 16.6. The van der Waals surface area contributed by atoms with Crippen LogP contribution in [0.1, 0.15) is 51.5 Å². The first-order valence-electron chi connectivity index (χ1n) is 12.3. The quantitative estimate of drug-likeness (QED) is 0.307. The van der Waals surface area contributed by atoms with Crippen LogP contribution >= 0.6 is 0 Å². The van der Waals surface area contributed by atoms with E-state index in [1.165, 1.54) is 30.0 Å². The van der Waals surface area contributed by atoms with Gasteiger partial charge in [-0.15, -0.1) is 0 Å². The van der Waals surface area contributed by atoms with Crippen molar-refractivity contribution in [2.75, 3.05) is 6.61 Å². The number of nitrogens with one attached hydrogen (secondary N) is 1. The Kier molecular flexibility index (Phi) is 6.39. The van der Waals surface area contributed by atoms with E-state index in [1.807, 2.05) is 26.2 Å². The third kappa shape index (κ3) is 4.58. The molecule has 1 aliphatic carbocycles. The van der Waals surface area contributed by atoms with Crippen LogP contribution in [0.2, 0.25) is 0 Å². The molecule has 34 heavy (non-hydrogen) atoms. The van der Waals surface area contributed by atoms with Crippen molar-refractivity contribution < 1.29 is 13.9 Å². The van der Waals surface area contributed by atoms with Gasteiger partial charge in [0.25, 0.3) is 0 Å². The van der Waals surface area contributed by atoms with E-state index in [-0.39, 0.29) is 11.9 Å². The van der Waals surface area contributed by atoms with Gasteiger partial charge in [0.1, 0.15) is 11.3 Å². The monoisotopic (exact) mass is 453 g/mol. The number of benzene rings is 3. The molecule has 3 aromatic carbocycles. The minimum atomic E-state index is -0.0334. The van der Waals surface area contributed by atoms with E-state index in [0.717, 1.165) is 51.8 Å². The van der Waals surface area contributed by atoms with Crippen LogP contribution in [-0.2, 0) is 4.79 Å². The summed E-state index contributed by atoms with van der Waals surface area (Å²) < 4.78 is 11.9. The fourth-order valence-electron chi connectivity index (χ4n) is 4.98. The van der Waals surface area contributed by atoms with Crippen molar-refractivity contribution in [3.8, 4) is 16.9 Å². The fourth-order valence-corrected chi connectivity index (χ4v) is 4.98. The van der Waals surface area contributed by atoms with Crippen LogP contribution in [0, 0.1) is 0 Å². The molecule has 0 atom stereocenters. The van der Waals surface area contributed by atoms with Crippen LogP contribution in [0.15, 0.2) is 71.4 Å². The second-order valence-corrected chi connectivity index (χ2v) is 9.16. The van der Waals surface area contributed by atoms with Gasteiger partial charge in [-0.3, -0.25) is 4.79 Å². The van der Waals surface area contributed by atoms with Gasteiger partial charge in [0.15, 0.2) is 0 Å². The molecular weight excluding hydrogens is 422 g/mol. The third-order valence-corrected chi connectivity index (χ3v) is 6.76. The lowest BCUT2D eigenvalue weighted by Crippen LogP contribution is -2.35. The number of hydrogen-bond acceptors (Lipinski definition) is 3. The minimum absolute atomic E-state index is 0.0334. The van der Waals surface area contributed by atoms with Crippen LogP contribution in [0.4, 0.5) is 0 Å². The average molecular weight is 454 g/mol. The Morgan fingerprint density at radius 3 is 2.65 bits per heavy atom. The predicted molar refractivity (Wildman–Crippen MR) is 139 cm³/mol. The molecule has 1 aromatic heterocycles. The molecule has 1 aliphatic rings. The van der Waals surface area contributed by atoms with Gasteiger partial charge in [-0.25, -0.2) is 0 Å². The highest BCUT2D eigenvalue weighted by molar-refractivity contribution is 6.01. The second-order valence-electron chi connectivity index (χ2n) is 9.16. The molecule has 4 heteroatoms. The van der Waals surface area contributed by atoms with E-state index in [0.29, 0.717) is 6.61 Å². The zero-order valence-corrected chi connectivity index (χ0v) is 19.9. The van der Waals surface area contributed by atoms with Crippen molar-refractivity contribution in [1.82, 2.24) is 5.32 Å². The average Bonchev–Trinajstić information content (AvgIpc) is 3.27. The molecule has 0 bridgehead atoms. The minimum Gasteiger partial charge on any atom is -0.493 e. The molecule has 5 rings (SSSR count). The zero-order valence-electron chi connectivity index (χ0n) is 19.9. The van der Waals surface area contributed by atoms with Crippen molar-refractivity contribution >= 4 is 33.2 Å². The summed E-state index contributed by atoms with van der Waals surface area (Å²) >= 11 is 0. The molecule has 1 fully saturated rings. The molecule has 0 unspecified atom stereocenters. The standard InChI is InChI=1S/C30H31NO3/c1-3-33-28-18-29-26(17-25(28)20(2)15-30(32)31-24-11-5-4-6-12-24)27(19-34-29)23-14-13-21-9-7-8-10-22(21)16-23/h7-10,13-19,24H,3-6,11-12H2,1-2H3,(H,31,32)/b20-15+. The van der Waals surface area contributed by atoms with Gasteiger partial charge in [0.05, 0.1) is 12.9 Å². The molecule has 4 aromatic rings.